The lowest BCUT2D eigenvalue weighted by atomic mass is 10.2. The van der Waals surface area contributed by atoms with Gasteiger partial charge in [-0.2, -0.15) is 0 Å². The molecule has 0 unspecified atom stereocenters. The number of H-pyrrole nitrogens is 1. The minimum absolute atomic E-state index is 0.656. The molecule has 0 spiro atoms. The lowest BCUT2D eigenvalue weighted by molar-refractivity contribution is 0.0713. The van der Waals surface area contributed by atoms with E-state index in [0.29, 0.717) is 13.2 Å². The van der Waals surface area contributed by atoms with Crippen LogP contribution in [0.3, 0.4) is 0 Å². The van der Waals surface area contributed by atoms with Gasteiger partial charge in [0.05, 0.1) is 29.9 Å². The molecule has 2 aromatic heterocycles. The average Bonchev–Trinajstić information content (AvgIpc) is 3.10. The van der Waals surface area contributed by atoms with Crippen LogP contribution in [0.5, 0.6) is 0 Å². The maximum atomic E-state index is 5.51. The van der Waals surface area contributed by atoms with E-state index in [-0.39, 0.29) is 0 Å². The Morgan fingerprint density at radius 1 is 1.07 bits per heavy atom. The summed E-state index contributed by atoms with van der Waals surface area (Å²) in [6, 6.07) is 10.2. The largest absolute Gasteiger partial charge is 0.382 e. The summed E-state index contributed by atoms with van der Waals surface area (Å²) < 4.78 is 10.5. The highest BCUT2D eigenvalue weighted by atomic mass is 32.2. The van der Waals surface area contributed by atoms with E-state index >= 15 is 0 Å². The zero-order valence-corrected chi connectivity index (χ0v) is 17.4. The second kappa shape index (κ2) is 10.7. The third-order valence-corrected chi connectivity index (χ3v) is 6.23. The summed E-state index contributed by atoms with van der Waals surface area (Å²) in [5.41, 5.74) is 4.44. The molecule has 0 fully saturated rings. The third-order valence-electron chi connectivity index (χ3n) is 4.09. The lowest BCUT2D eigenvalue weighted by Crippen LogP contribution is -2.03. The molecule has 0 amide bonds. The van der Waals surface area contributed by atoms with Gasteiger partial charge in [0, 0.05) is 36.3 Å². The Bertz CT molecular complexity index is 821. The van der Waals surface area contributed by atoms with Gasteiger partial charge < -0.3 is 14.5 Å². The molecule has 5 nitrogen and oxygen atoms in total. The molecule has 0 aliphatic heterocycles. The molecule has 144 valence electrons. The summed E-state index contributed by atoms with van der Waals surface area (Å²) in [5.74, 6) is 1.84. The Morgan fingerprint density at radius 3 is 2.81 bits per heavy atom. The predicted molar refractivity (Wildman–Crippen MR) is 113 cm³/mol. The van der Waals surface area contributed by atoms with E-state index in [2.05, 4.69) is 27.9 Å². The van der Waals surface area contributed by atoms with Crippen LogP contribution in [0.15, 0.2) is 46.6 Å². The van der Waals surface area contributed by atoms with Crippen molar-refractivity contribution in [1.82, 2.24) is 15.0 Å². The van der Waals surface area contributed by atoms with E-state index in [4.69, 9.17) is 9.47 Å². The van der Waals surface area contributed by atoms with Crippen molar-refractivity contribution in [1.29, 1.82) is 0 Å². The lowest BCUT2D eigenvalue weighted by Gasteiger charge is -2.09. The Hall–Kier alpha value is -1.54. The number of nitrogens with zero attached hydrogens (tertiary/aromatic N) is 2. The van der Waals surface area contributed by atoms with Crippen LogP contribution in [0.4, 0.5) is 0 Å². The van der Waals surface area contributed by atoms with Gasteiger partial charge in [-0.1, -0.05) is 23.9 Å². The van der Waals surface area contributed by atoms with Crippen LogP contribution in [0.1, 0.15) is 17.7 Å². The van der Waals surface area contributed by atoms with Crippen LogP contribution in [0.2, 0.25) is 0 Å². The number of nitrogens with one attached hydrogen (secondary N) is 1. The number of hydrogen-bond acceptors (Lipinski definition) is 6. The minimum Gasteiger partial charge on any atom is -0.382 e. The summed E-state index contributed by atoms with van der Waals surface area (Å²) in [4.78, 5) is 13.8. The molecule has 27 heavy (non-hydrogen) atoms. The molecular formula is C20H25N3O2S2. The maximum Gasteiger partial charge on any atom is 0.166 e. The number of benzene rings is 1. The highest BCUT2D eigenvalue weighted by Crippen LogP contribution is 2.28. The summed E-state index contributed by atoms with van der Waals surface area (Å²) in [6.07, 6.45) is 2.93. The normalized spacial score (nSPS) is 11.3. The number of pyridine rings is 1. The first kappa shape index (κ1) is 20.2. The molecule has 3 rings (SSSR count). The average molecular weight is 404 g/mol. The molecule has 0 bridgehead atoms. The number of fused-ring (bicyclic) bond motifs is 1. The van der Waals surface area contributed by atoms with Crippen LogP contribution >= 0.6 is 23.5 Å². The van der Waals surface area contributed by atoms with Crippen molar-refractivity contribution in [3.05, 3.63) is 47.8 Å². The number of hydrogen-bond donors (Lipinski definition) is 1. The van der Waals surface area contributed by atoms with Crippen LogP contribution in [-0.2, 0) is 15.2 Å². The zero-order chi connectivity index (χ0) is 18.9. The van der Waals surface area contributed by atoms with Crippen LogP contribution in [-0.4, -0.2) is 47.6 Å². The van der Waals surface area contributed by atoms with E-state index in [0.717, 1.165) is 46.4 Å². The molecule has 0 radical (unpaired) electrons. The van der Waals surface area contributed by atoms with Gasteiger partial charge in [0.15, 0.2) is 5.16 Å². The molecular weight excluding hydrogens is 378 g/mol. The number of para-hydroxylation sites is 2. The minimum atomic E-state index is 0.656. The van der Waals surface area contributed by atoms with Gasteiger partial charge in [-0.3, -0.25) is 4.98 Å². The Labute approximate surface area is 168 Å². The molecule has 7 heteroatoms. The summed E-state index contributed by atoms with van der Waals surface area (Å²) in [7, 11) is 1.69. The summed E-state index contributed by atoms with van der Waals surface area (Å²) >= 11 is 3.56. The molecule has 2 heterocycles. The monoisotopic (exact) mass is 403 g/mol. The van der Waals surface area contributed by atoms with Gasteiger partial charge in [0.2, 0.25) is 0 Å². The standard InChI is InChI=1S/C20H25N3O2S2/c1-15-18(14-27-20-22-16-6-3-4-7-17(16)23-20)21-9-8-19(15)26-13-5-10-25-12-11-24-2/h3-4,6-9H,5,10-14H2,1-2H3,(H,22,23). The van der Waals surface area contributed by atoms with E-state index in [9.17, 15) is 0 Å². The number of imidazole rings is 1. The number of aromatic nitrogens is 3. The van der Waals surface area contributed by atoms with Gasteiger partial charge in [-0.05, 0) is 37.1 Å². The molecule has 0 aliphatic rings. The third kappa shape index (κ3) is 5.97. The van der Waals surface area contributed by atoms with Gasteiger partial charge in [0.25, 0.3) is 0 Å². The Kier molecular flexibility index (Phi) is 8.01. The van der Waals surface area contributed by atoms with E-state index in [1.807, 2.05) is 42.2 Å². The quantitative estimate of drug-likeness (QED) is 0.370. The first-order valence-electron chi connectivity index (χ1n) is 8.99. The van der Waals surface area contributed by atoms with Crippen molar-refractivity contribution in [2.24, 2.45) is 0 Å². The van der Waals surface area contributed by atoms with Crippen molar-refractivity contribution in [2.75, 3.05) is 32.7 Å². The Balaban J connectivity index is 1.50. The number of ether oxygens (including phenoxy) is 2. The van der Waals surface area contributed by atoms with Crippen molar-refractivity contribution in [3.8, 4) is 0 Å². The molecule has 0 aliphatic carbocycles. The second-order valence-electron chi connectivity index (χ2n) is 6.04. The van der Waals surface area contributed by atoms with Crippen LogP contribution in [0.25, 0.3) is 11.0 Å². The fraction of sp³-hybridized carbons (Fsp3) is 0.400. The fourth-order valence-electron chi connectivity index (χ4n) is 2.58. The number of methoxy groups -OCH3 is 1. The molecule has 0 saturated carbocycles. The second-order valence-corrected chi connectivity index (χ2v) is 8.14. The van der Waals surface area contributed by atoms with E-state index < -0.39 is 0 Å². The fourth-order valence-corrected chi connectivity index (χ4v) is 4.47. The highest BCUT2D eigenvalue weighted by molar-refractivity contribution is 7.99. The smallest absolute Gasteiger partial charge is 0.166 e. The number of rotatable bonds is 11. The first-order chi connectivity index (χ1) is 13.3. The van der Waals surface area contributed by atoms with Gasteiger partial charge in [-0.25, -0.2) is 4.98 Å². The zero-order valence-electron chi connectivity index (χ0n) is 15.7. The molecule has 1 N–H and O–H groups in total. The van der Waals surface area contributed by atoms with Crippen LogP contribution in [0, 0.1) is 6.92 Å². The SMILES string of the molecule is COCCOCCCSc1ccnc(CSc2nc3ccccc3[nH]2)c1C. The maximum absolute atomic E-state index is 5.51. The number of aromatic amines is 1. The van der Waals surface area contributed by atoms with Crippen molar-refractivity contribution in [2.45, 2.75) is 29.1 Å². The van der Waals surface area contributed by atoms with Gasteiger partial charge >= 0.3 is 0 Å². The summed E-state index contributed by atoms with van der Waals surface area (Å²) in [6.45, 7) is 4.25. The van der Waals surface area contributed by atoms with Gasteiger partial charge in [-0.15, -0.1) is 11.8 Å². The van der Waals surface area contributed by atoms with E-state index in [1.165, 1.54) is 10.5 Å². The van der Waals surface area contributed by atoms with Crippen LogP contribution < -0.4 is 0 Å². The van der Waals surface area contributed by atoms with Crippen molar-refractivity contribution in [3.63, 3.8) is 0 Å². The molecule has 0 atom stereocenters. The highest BCUT2D eigenvalue weighted by Gasteiger charge is 2.09. The molecule has 1 aromatic carbocycles. The number of thioether (sulfide) groups is 2. The topological polar surface area (TPSA) is 60.0 Å². The van der Waals surface area contributed by atoms with Crippen molar-refractivity contribution < 1.29 is 9.47 Å². The molecule has 3 aromatic rings. The first-order valence-corrected chi connectivity index (χ1v) is 11.0. The van der Waals surface area contributed by atoms with Crippen molar-refractivity contribution >= 4 is 34.6 Å². The van der Waals surface area contributed by atoms with Gasteiger partial charge in [0.1, 0.15) is 0 Å². The molecule has 0 saturated heterocycles. The van der Waals surface area contributed by atoms with E-state index in [1.54, 1.807) is 18.9 Å². The predicted octanol–water partition coefficient (Wildman–Crippen LogP) is 4.70. The summed E-state index contributed by atoms with van der Waals surface area (Å²) in [5, 5.41) is 0.934. The Morgan fingerprint density at radius 2 is 1.96 bits per heavy atom.